The maximum atomic E-state index is 12.0. The minimum absolute atomic E-state index is 1.02. The van der Waals surface area contributed by atoms with Gasteiger partial charge in [-0.05, 0) is 86.8 Å². The topological polar surface area (TPSA) is 25.3 Å². The number of hydrogen-bond acceptors (Lipinski definition) is 0. The summed E-state index contributed by atoms with van der Waals surface area (Å²) in [5, 5.41) is 0. The molecular weight excluding hydrogens is 591 g/mol. The van der Waals surface area contributed by atoms with E-state index in [2.05, 4.69) is 88.0 Å². The van der Waals surface area contributed by atoms with Crippen molar-refractivity contribution in [3.8, 4) is 0 Å². The number of hydrogen-bond donors (Lipinski definition) is 0. The molecule has 0 aliphatic carbocycles. The molecule has 1 aliphatic rings. The number of rotatable bonds is 22. The first-order valence-corrected chi connectivity index (χ1v) is 20.4. The van der Waals surface area contributed by atoms with Crippen molar-refractivity contribution in [3.05, 3.63) is 87.5 Å². The molecule has 1 aliphatic heterocycles. The number of nitrogens with zero attached hydrogens (tertiary/aromatic N) is 2. The predicted molar refractivity (Wildman–Crippen MR) is 195 cm³/mol. The van der Waals surface area contributed by atoms with E-state index >= 15 is 0 Å². The van der Waals surface area contributed by atoms with Gasteiger partial charge in [-0.2, -0.15) is 0 Å². The summed E-state index contributed by atoms with van der Waals surface area (Å²) in [5.41, 5.74) is 21.9. The van der Waals surface area contributed by atoms with Crippen molar-refractivity contribution in [2.45, 2.75) is 168 Å². The van der Waals surface area contributed by atoms with Gasteiger partial charge >= 0.3 is 26.2 Å². The number of benzene rings is 2. The fourth-order valence-corrected chi connectivity index (χ4v) is 6.44. The molecule has 0 saturated carbocycles. The molecule has 254 valence electrons. The van der Waals surface area contributed by atoms with Crippen LogP contribution in [0.25, 0.3) is 16.9 Å². The summed E-state index contributed by atoms with van der Waals surface area (Å²) in [5.74, 6) is 4.12. The Labute approximate surface area is 284 Å². The van der Waals surface area contributed by atoms with Gasteiger partial charge in [0.2, 0.25) is 11.4 Å². The Morgan fingerprint density at radius 1 is 0.489 bits per heavy atom. The standard InChI is InChI=1S/C40H60N2.2CH3.Ni/c1-5-9-13-16-17-19-22-33-28-30-35(31-29-33)39-37(26-12-8-4)38(27-20-15-11-7-3)40(42(39)41)36-25-21-24-34(32-36)23-18-14-10-6-2;;;/h21,24-25,28-32H,5-20,22-23,26-27H2,1-4H3;2*1H3;. The van der Waals surface area contributed by atoms with Crippen LogP contribution in [0.1, 0.15) is 166 Å². The predicted octanol–water partition coefficient (Wildman–Crippen LogP) is 14.2. The van der Waals surface area contributed by atoms with Crippen molar-refractivity contribution >= 4 is 11.4 Å². The second-order valence-corrected chi connectivity index (χ2v) is 13.9. The third-order valence-electron chi connectivity index (χ3n) is 8.99. The van der Waals surface area contributed by atoms with Crippen LogP contribution in [0, 0.1) is 0 Å². The summed E-state index contributed by atoms with van der Waals surface area (Å²) < 4.78 is 1.57. The van der Waals surface area contributed by atoms with Crippen molar-refractivity contribution < 1.29 is 19.1 Å². The van der Waals surface area contributed by atoms with Crippen molar-refractivity contribution in [2.24, 2.45) is 0 Å². The molecule has 1 heterocycles. The number of aryl methyl sites for hydroxylation is 2. The zero-order valence-corrected chi connectivity index (χ0v) is 31.0. The molecule has 0 aromatic heterocycles. The molecule has 0 N–H and O–H groups in total. The average molecular weight is 658 g/mol. The average Bonchev–Trinajstić information content (AvgIpc) is 3.33. The van der Waals surface area contributed by atoms with Crippen LogP contribution in [0.5, 0.6) is 0 Å². The molecule has 0 radical (unpaired) electrons. The van der Waals surface area contributed by atoms with Crippen LogP contribution in [-0.4, -0.2) is 4.70 Å². The molecular formula is C42H66N2Ni. The summed E-state index contributed by atoms with van der Waals surface area (Å²) in [6.07, 6.45) is 24.7. The molecule has 0 amide bonds. The molecule has 0 spiro atoms. The fourth-order valence-electron chi connectivity index (χ4n) is 6.44. The Balaban J connectivity index is 0.00000226. The summed E-state index contributed by atoms with van der Waals surface area (Å²) in [6.45, 7) is 9.11. The maximum absolute atomic E-state index is 12.0. The second kappa shape index (κ2) is 24.2. The minimum atomic E-state index is 1.02. The molecule has 0 fully saturated rings. The Bertz CT molecular complexity index is 1160. The van der Waals surface area contributed by atoms with Gasteiger partial charge < -0.3 is 5.53 Å². The van der Waals surface area contributed by atoms with Gasteiger partial charge in [0, 0.05) is 22.3 Å². The quantitative estimate of drug-likeness (QED) is 0.0684. The normalized spacial score (nSPS) is 13.2. The molecule has 0 atom stereocenters. The Hall–Kier alpha value is -1.99. The number of allylic oxidation sites excluding steroid dienone is 2. The van der Waals surface area contributed by atoms with Crippen LogP contribution in [-0.2, 0) is 27.3 Å². The van der Waals surface area contributed by atoms with Gasteiger partial charge in [0.1, 0.15) is 0 Å². The van der Waals surface area contributed by atoms with Gasteiger partial charge in [-0.15, -0.1) is 0 Å². The molecule has 2 aromatic rings. The summed E-state index contributed by atoms with van der Waals surface area (Å²) in [7, 11) is 0. The zero-order chi connectivity index (χ0) is 32.7. The van der Waals surface area contributed by atoms with Crippen molar-refractivity contribution in [1.29, 1.82) is 0 Å². The van der Waals surface area contributed by atoms with Crippen LogP contribution in [0.15, 0.2) is 59.7 Å². The molecule has 3 rings (SSSR count). The molecule has 0 unspecified atom stereocenters. The monoisotopic (exact) mass is 656 g/mol. The van der Waals surface area contributed by atoms with E-state index in [1.54, 1.807) is 19.1 Å². The fraction of sp³-hybridized carbons (Fsp3) is 0.619. The SMILES string of the molecule is CCCCCCCCc1ccc(C2=C(CCCC)C(CCCCCC)=C(c3cccc(CCCCCC)c3)[N+]2=[N-])cc1.[CH3][Ni][CH3]. The van der Waals surface area contributed by atoms with Gasteiger partial charge in [-0.25, -0.2) is 4.70 Å². The molecule has 2 nitrogen and oxygen atoms in total. The van der Waals surface area contributed by atoms with E-state index in [-0.39, 0.29) is 0 Å². The van der Waals surface area contributed by atoms with Gasteiger partial charge in [0.15, 0.2) is 0 Å². The summed E-state index contributed by atoms with van der Waals surface area (Å²) in [4.78, 5) is 0. The molecule has 2 aromatic carbocycles. The van der Waals surface area contributed by atoms with E-state index in [0.717, 1.165) is 55.5 Å². The van der Waals surface area contributed by atoms with E-state index in [9.17, 15) is 5.53 Å². The van der Waals surface area contributed by atoms with Crippen LogP contribution >= 0.6 is 0 Å². The third kappa shape index (κ3) is 13.7. The molecule has 45 heavy (non-hydrogen) atoms. The van der Waals surface area contributed by atoms with Gasteiger partial charge in [-0.1, -0.05) is 129 Å². The van der Waals surface area contributed by atoms with E-state index < -0.39 is 0 Å². The van der Waals surface area contributed by atoms with Crippen molar-refractivity contribution in [2.75, 3.05) is 0 Å². The first-order valence-electron chi connectivity index (χ1n) is 18.4. The second-order valence-electron chi connectivity index (χ2n) is 12.9. The Morgan fingerprint density at radius 2 is 0.933 bits per heavy atom. The van der Waals surface area contributed by atoms with Crippen LogP contribution in [0.2, 0.25) is 11.8 Å². The first kappa shape index (κ1) is 39.2. The van der Waals surface area contributed by atoms with E-state index in [0.29, 0.717) is 0 Å². The summed E-state index contributed by atoms with van der Waals surface area (Å²) >= 11 is 1.62. The molecule has 0 bridgehead atoms. The zero-order valence-electron chi connectivity index (χ0n) is 30.0. The molecule has 0 saturated heterocycles. The number of unbranched alkanes of at least 4 members (excludes halogenated alkanes) is 12. The Morgan fingerprint density at radius 3 is 1.51 bits per heavy atom. The van der Waals surface area contributed by atoms with Crippen molar-refractivity contribution in [1.82, 2.24) is 0 Å². The van der Waals surface area contributed by atoms with Crippen LogP contribution in [0.4, 0.5) is 0 Å². The van der Waals surface area contributed by atoms with Crippen LogP contribution in [0.3, 0.4) is 0 Å². The van der Waals surface area contributed by atoms with E-state index in [1.165, 1.54) is 118 Å². The Kier molecular flexibility index (Phi) is 21.1. The first-order chi connectivity index (χ1) is 22.1. The van der Waals surface area contributed by atoms with Gasteiger partial charge in [-0.3, -0.25) is 0 Å². The third-order valence-corrected chi connectivity index (χ3v) is 8.99. The van der Waals surface area contributed by atoms with E-state index in [1.807, 2.05) is 0 Å². The van der Waals surface area contributed by atoms with E-state index in [4.69, 9.17) is 0 Å². The van der Waals surface area contributed by atoms with Gasteiger partial charge in [0.25, 0.3) is 0 Å². The van der Waals surface area contributed by atoms with Crippen molar-refractivity contribution in [3.63, 3.8) is 0 Å². The van der Waals surface area contributed by atoms with Crippen LogP contribution < -0.4 is 0 Å². The molecule has 3 heteroatoms. The van der Waals surface area contributed by atoms with Gasteiger partial charge in [0.05, 0.1) is 0 Å². The summed E-state index contributed by atoms with van der Waals surface area (Å²) in [6, 6.07) is 18.1.